The van der Waals surface area contributed by atoms with Crippen LogP contribution in [0.1, 0.15) is 26.2 Å². The van der Waals surface area contributed by atoms with Crippen molar-refractivity contribution in [2.24, 2.45) is 5.73 Å². The lowest BCUT2D eigenvalue weighted by atomic mass is 10.2. The molecule has 0 saturated heterocycles. The fourth-order valence-electron chi connectivity index (χ4n) is 0.865. The number of carbonyl (C=O) groups is 1. The maximum atomic E-state index is 11.2. The summed E-state index contributed by atoms with van der Waals surface area (Å²) >= 11 is 0. The zero-order chi connectivity index (χ0) is 12.6. The fourth-order valence-corrected chi connectivity index (χ4v) is 1.26. The fraction of sp³-hybridized carbons (Fsp3) is 0.667. The number of carbonyl (C=O) groups excluding carboxylic acids is 1. The van der Waals surface area contributed by atoms with Crippen molar-refractivity contribution >= 4 is 13.6 Å². The van der Waals surface area contributed by atoms with Crippen molar-refractivity contribution in [1.29, 1.82) is 0 Å². The van der Waals surface area contributed by atoms with Crippen molar-refractivity contribution in [2.45, 2.75) is 32.2 Å². The van der Waals surface area contributed by atoms with E-state index in [1.54, 1.807) is 0 Å². The summed E-state index contributed by atoms with van der Waals surface area (Å²) in [6.07, 6.45) is 2.93. The predicted molar refractivity (Wildman–Crippen MR) is 59.6 cm³/mol. The lowest BCUT2D eigenvalue weighted by Crippen LogP contribution is -2.31. The largest absolute Gasteiger partial charge is 0.465 e. The Labute approximate surface area is 94.6 Å². The Morgan fingerprint density at radius 1 is 1.56 bits per heavy atom. The van der Waals surface area contributed by atoms with Gasteiger partial charge >= 0.3 is 13.6 Å². The highest BCUT2D eigenvalue weighted by Gasteiger charge is 2.14. The third-order valence-corrected chi connectivity index (χ3v) is 2.33. The van der Waals surface area contributed by atoms with Gasteiger partial charge in [0, 0.05) is 5.82 Å². The quantitative estimate of drug-likeness (QED) is 0.349. The second-order valence-electron chi connectivity index (χ2n) is 3.34. The van der Waals surface area contributed by atoms with E-state index >= 15 is 0 Å². The molecule has 1 unspecified atom stereocenters. The number of rotatable bonds is 7. The average molecular weight is 251 g/mol. The maximum absolute atomic E-state index is 11.2. The van der Waals surface area contributed by atoms with Gasteiger partial charge in [0.1, 0.15) is 6.04 Å². The van der Waals surface area contributed by atoms with E-state index in [9.17, 15) is 9.36 Å². The van der Waals surface area contributed by atoms with Crippen molar-refractivity contribution in [1.82, 2.24) is 0 Å². The molecule has 16 heavy (non-hydrogen) atoms. The topological polar surface area (TPSA) is 110 Å². The van der Waals surface area contributed by atoms with Crippen LogP contribution >= 0.6 is 7.60 Å². The molecule has 0 aliphatic carbocycles. The molecule has 4 N–H and O–H groups in total. The molecular formula is C9H18NO5P. The molecule has 0 bridgehead atoms. The Morgan fingerprint density at radius 2 is 2.19 bits per heavy atom. The molecule has 1 atom stereocenters. The standard InChI is InChI=1S/C9H18NO5P/c1-2-3-6-15-9(11)8(10)5-4-7-16(12,13)14/h4,7-8H,2-3,5-6,10H2,1H3,(H2,12,13,14)/b7-4+. The van der Waals surface area contributed by atoms with Crippen LogP contribution in [0.15, 0.2) is 11.9 Å². The van der Waals surface area contributed by atoms with Crippen molar-refractivity contribution in [3.05, 3.63) is 11.9 Å². The van der Waals surface area contributed by atoms with Crippen molar-refractivity contribution < 1.29 is 23.9 Å². The van der Waals surface area contributed by atoms with Gasteiger partial charge in [0.05, 0.1) is 6.61 Å². The summed E-state index contributed by atoms with van der Waals surface area (Å²) in [7, 11) is -4.17. The molecule has 0 fully saturated rings. The third-order valence-electron chi connectivity index (χ3n) is 1.73. The van der Waals surface area contributed by atoms with Crippen LogP contribution < -0.4 is 5.73 Å². The molecule has 0 radical (unpaired) electrons. The summed E-state index contributed by atoms with van der Waals surface area (Å²) in [5.41, 5.74) is 5.45. The molecule has 6 nitrogen and oxygen atoms in total. The number of unbranched alkanes of at least 4 members (excludes halogenated alkanes) is 1. The Morgan fingerprint density at radius 3 is 2.69 bits per heavy atom. The highest BCUT2D eigenvalue weighted by Crippen LogP contribution is 2.36. The van der Waals surface area contributed by atoms with Crippen LogP contribution in [0.3, 0.4) is 0 Å². The van der Waals surface area contributed by atoms with Gasteiger partial charge in [-0.2, -0.15) is 0 Å². The van der Waals surface area contributed by atoms with Gasteiger partial charge < -0.3 is 20.3 Å². The molecule has 0 aliphatic heterocycles. The monoisotopic (exact) mass is 251 g/mol. The van der Waals surface area contributed by atoms with Crippen molar-refractivity contribution in [3.63, 3.8) is 0 Å². The Balaban J connectivity index is 3.88. The summed E-state index contributed by atoms with van der Waals surface area (Å²) in [5.74, 6) is 0.176. The lowest BCUT2D eigenvalue weighted by molar-refractivity contribution is -0.145. The minimum absolute atomic E-state index is 0.0517. The van der Waals surface area contributed by atoms with Gasteiger partial charge in [-0.05, 0) is 12.8 Å². The zero-order valence-corrected chi connectivity index (χ0v) is 10.1. The predicted octanol–water partition coefficient (Wildman–Crippen LogP) is 0.738. The molecule has 0 aromatic rings. The number of nitrogens with two attached hydrogens (primary N) is 1. The third kappa shape index (κ3) is 8.61. The van der Waals surface area contributed by atoms with Gasteiger partial charge in [0.15, 0.2) is 0 Å². The van der Waals surface area contributed by atoms with E-state index in [1.165, 1.54) is 6.08 Å². The first-order chi connectivity index (χ1) is 7.37. The smallest absolute Gasteiger partial charge is 0.348 e. The van der Waals surface area contributed by atoms with Crippen LogP contribution in [0.25, 0.3) is 0 Å². The molecule has 0 saturated carbocycles. The van der Waals surface area contributed by atoms with E-state index in [-0.39, 0.29) is 6.42 Å². The van der Waals surface area contributed by atoms with E-state index in [1.807, 2.05) is 6.92 Å². The van der Waals surface area contributed by atoms with Gasteiger partial charge in [0.2, 0.25) is 0 Å². The highest BCUT2D eigenvalue weighted by atomic mass is 31.2. The van der Waals surface area contributed by atoms with Gasteiger partial charge in [-0.3, -0.25) is 9.36 Å². The normalized spacial score (nSPS) is 14.0. The second kappa shape index (κ2) is 7.57. The molecular weight excluding hydrogens is 233 g/mol. The van der Waals surface area contributed by atoms with Crippen LogP contribution in [-0.2, 0) is 14.1 Å². The molecule has 7 heteroatoms. The zero-order valence-electron chi connectivity index (χ0n) is 9.20. The summed E-state index contributed by atoms with van der Waals surface area (Å²) in [6.45, 7) is 2.29. The summed E-state index contributed by atoms with van der Waals surface area (Å²) in [6, 6.07) is -0.875. The second-order valence-corrected chi connectivity index (χ2v) is 4.81. The van der Waals surface area contributed by atoms with Gasteiger partial charge in [-0.15, -0.1) is 0 Å². The Bertz CT molecular complexity index is 286. The van der Waals surface area contributed by atoms with E-state index in [4.69, 9.17) is 20.3 Å². The van der Waals surface area contributed by atoms with E-state index in [0.29, 0.717) is 6.61 Å². The minimum atomic E-state index is -4.17. The van der Waals surface area contributed by atoms with Gasteiger partial charge in [-0.25, -0.2) is 0 Å². The van der Waals surface area contributed by atoms with Crippen LogP contribution in [0.5, 0.6) is 0 Å². The molecule has 0 heterocycles. The maximum Gasteiger partial charge on any atom is 0.348 e. The van der Waals surface area contributed by atoms with Crippen molar-refractivity contribution in [3.8, 4) is 0 Å². The Hall–Kier alpha value is -0.680. The molecule has 0 rings (SSSR count). The number of ether oxygens (including phenoxy) is 1. The van der Waals surface area contributed by atoms with Gasteiger partial charge in [0.25, 0.3) is 0 Å². The van der Waals surface area contributed by atoms with E-state index < -0.39 is 19.6 Å². The lowest BCUT2D eigenvalue weighted by Gasteiger charge is -2.08. The number of hydrogen-bond acceptors (Lipinski definition) is 4. The first kappa shape index (κ1) is 15.3. The molecule has 0 amide bonds. The molecule has 0 aliphatic rings. The van der Waals surface area contributed by atoms with Crippen LogP contribution in [0.4, 0.5) is 0 Å². The summed E-state index contributed by atoms with van der Waals surface area (Å²) in [5, 5.41) is 0. The van der Waals surface area contributed by atoms with Crippen LogP contribution in [0.2, 0.25) is 0 Å². The van der Waals surface area contributed by atoms with Gasteiger partial charge in [-0.1, -0.05) is 19.4 Å². The average Bonchev–Trinajstić information content (AvgIpc) is 2.15. The van der Waals surface area contributed by atoms with Crippen molar-refractivity contribution in [2.75, 3.05) is 6.61 Å². The highest BCUT2D eigenvalue weighted by molar-refractivity contribution is 7.55. The number of esters is 1. The first-order valence-electron chi connectivity index (χ1n) is 5.02. The minimum Gasteiger partial charge on any atom is -0.465 e. The van der Waals surface area contributed by atoms with E-state index in [0.717, 1.165) is 18.7 Å². The Kier molecular flexibility index (Phi) is 7.25. The molecule has 0 aromatic carbocycles. The molecule has 0 spiro atoms. The summed E-state index contributed by atoms with van der Waals surface area (Å²) < 4.78 is 15.3. The SMILES string of the molecule is CCCCOC(=O)C(N)C/C=C/P(=O)(O)O. The van der Waals surface area contributed by atoms with E-state index in [2.05, 4.69) is 0 Å². The molecule has 94 valence electrons. The van der Waals surface area contributed by atoms with Crippen LogP contribution in [0, 0.1) is 0 Å². The summed E-state index contributed by atoms with van der Waals surface area (Å²) in [4.78, 5) is 28.2. The number of hydrogen-bond donors (Lipinski definition) is 3. The molecule has 0 aromatic heterocycles. The van der Waals surface area contributed by atoms with Crippen LogP contribution in [-0.4, -0.2) is 28.4 Å². The first-order valence-corrected chi connectivity index (χ1v) is 6.70.